The molecule has 0 bridgehead atoms. The first-order chi connectivity index (χ1) is 5.47. The van der Waals surface area contributed by atoms with Gasteiger partial charge in [-0.3, -0.25) is 4.98 Å². The van der Waals surface area contributed by atoms with E-state index in [-0.39, 0.29) is 0 Å². The molecule has 0 unspecified atom stereocenters. The van der Waals surface area contributed by atoms with E-state index in [2.05, 4.69) is 27.6 Å². The van der Waals surface area contributed by atoms with E-state index in [1.54, 1.807) is 26.2 Å². The van der Waals surface area contributed by atoms with Crippen molar-refractivity contribution in [3.63, 3.8) is 0 Å². The van der Waals surface area contributed by atoms with E-state index in [0.29, 0.717) is 6.42 Å². The van der Waals surface area contributed by atoms with Crippen molar-refractivity contribution in [3.05, 3.63) is 27.6 Å². The number of hydrogen-bond donors (Lipinski definition) is 1. The minimum Gasteiger partial charge on any atom is -0.390 e. The average Bonchev–Trinajstić information content (AvgIpc) is 1.82. The van der Waals surface area contributed by atoms with Crippen molar-refractivity contribution in [1.29, 1.82) is 0 Å². The van der Waals surface area contributed by atoms with Crippen LogP contribution in [0.15, 0.2) is 18.5 Å². The fourth-order valence-corrected chi connectivity index (χ4v) is 1.61. The van der Waals surface area contributed by atoms with Gasteiger partial charge in [0.15, 0.2) is 0 Å². The molecule has 1 rings (SSSR count). The highest BCUT2D eigenvalue weighted by Gasteiger charge is 2.13. The van der Waals surface area contributed by atoms with E-state index >= 15 is 0 Å². The van der Waals surface area contributed by atoms with Crippen molar-refractivity contribution in [2.45, 2.75) is 25.9 Å². The van der Waals surface area contributed by atoms with E-state index in [1.807, 2.05) is 6.07 Å². The molecule has 1 aromatic rings. The highest BCUT2D eigenvalue weighted by molar-refractivity contribution is 14.1. The molecule has 66 valence electrons. The normalized spacial score (nSPS) is 11.7. The van der Waals surface area contributed by atoms with E-state index in [9.17, 15) is 5.11 Å². The quantitative estimate of drug-likeness (QED) is 0.839. The lowest BCUT2D eigenvalue weighted by Crippen LogP contribution is -2.21. The van der Waals surface area contributed by atoms with Crippen LogP contribution in [-0.4, -0.2) is 15.7 Å². The topological polar surface area (TPSA) is 33.1 Å². The number of aromatic nitrogens is 1. The second-order valence-electron chi connectivity index (χ2n) is 3.50. The Bertz CT molecular complexity index is 267. The maximum atomic E-state index is 9.53. The summed E-state index contributed by atoms with van der Waals surface area (Å²) in [5.41, 5.74) is 0.431. The minimum absolute atomic E-state index is 0.647. The van der Waals surface area contributed by atoms with E-state index in [4.69, 9.17) is 0 Å². The smallest absolute Gasteiger partial charge is 0.0632 e. The third-order valence-corrected chi connectivity index (χ3v) is 1.99. The molecule has 12 heavy (non-hydrogen) atoms. The molecule has 1 aromatic heterocycles. The molecule has 0 aromatic carbocycles. The first-order valence-corrected chi connectivity index (χ1v) is 4.87. The molecular formula is C9H12INO. The first-order valence-electron chi connectivity index (χ1n) is 3.79. The standard InChI is InChI=1S/C9H12INO/c1-9(2,12)4-7-3-8(10)6-11-5-7/h3,5-6,12H,4H2,1-2H3. The van der Waals surface area contributed by atoms with E-state index in [1.165, 1.54) is 0 Å². The van der Waals surface area contributed by atoms with Gasteiger partial charge in [-0.05, 0) is 48.1 Å². The van der Waals surface area contributed by atoms with Gasteiger partial charge in [-0.25, -0.2) is 0 Å². The van der Waals surface area contributed by atoms with Crippen LogP contribution < -0.4 is 0 Å². The van der Waals surface area contributed by atoms with Gasteiger partial charge in [0.1, 0.15) is 0 Å². The van der Waals surface area contributed by atoms with Crippen LogP contribution in [0, 0.1) is 3.57 Å². The van der Waals surface area contributed by atoms with Gasteiger partial charge in [0.2, 0.25) is 0 Å². The molecule has 0 radical (unpaired) electrons. The molecule has 0 fully saturated rings. The third kappa shape index (κ3) is 3.49. The van der Waals surface area contributed by atoms with Crippen LogP contribution in [0.5, 0.6) is 0 Å². The Morgan fingerprint density at radius 3 is 2.67 bits per heavy atom. The zero-order chi connectivity index (χ0) is 9.19. The van der Waals surface area contributed by atoms with Gasteiger partial charge in [0, 0.05) is 22.4 Å². The number of rotatable bonds is 2. The Labute approximate surface area is 86.2 Å². The Morgan fingerprint density at radius 2 is 2.17 bits per heavy atom. The number of nitrogens with zero attached hydrogens (tertiary/aromatic N) is 1. The van der Waals surface area contributed by atoms with Gasteiger partial charge in [-0.1, -0.05) is 0 Å². The van der Waals surface area contributed by atoms with Gasteiger partial charge in [0.05, 0.1) is 5.60 Å². The van der Waals surface area contributed by atoms with Crippen molar-refractivity contribution in [2.24, 2.45) is 0 Å². The molecule has 3 heteroatoms. The van der Waals surface area contributed by atoms with Crippen molar-refractivity contribution >= 4 is 22.6 Å². The molecule has 0 aliphatic carbocycles. The van der Waals surface area contributed by atoms with Crippen LogP contribution in [-0.2, 0) is 6.42 Å². The van der Waals surface area contributed by atoms with Crippen molar-refractivity contribution in [1.82, 2.24) is 4.98 Å². The zero-order valence-corrected chi connectivity index (χ0v) is 9.37. The Kier molecular flexibility index (Phi) is 3.06. The fraction of sp³-hybridized carbons (Fsp3) is 0.444. The summed E-state index contributed by atoms with van der Waals surface area (Å²) in [7, 11) is 0. The van der Waals surface area contributed by atoms with Gasteiger partial charge in [-0.2, -0.15) is 0 Å². The highest BCUT2D eigenvalue weighted by atomic mass is 127. The van der Waals surface area contributed by atoms with Crippen LogP contribution >= 0.6 is 22.6 Å². The van der Waals surface area contributed by atoms with E-state index < -0.39 is 5.60 Å². The first kappa shape index (κ1) is 9.92. The Balaban J connectivity index is 2.77. The van der Waals surface area contributed by atoms with Crippen LogP contribution in [0.3, 0.4) is 0 Å². The van der Waals surface area contributed by atoms with Gasteiger partial charge >= 0.3 is 0 Å². The lowest BCUT2D eigenvalue weighted by atomic mass is 10.0. The maximum Gasteiger partial charge on any atom is 0.0632 e. The second kappa shape index (κ2) is 3.70. The van der Waals surface area contributed by atoms with Crippen LogP contribution in [0.25, 0.3) is 0 Å². The SMILES string of the molecule is CC(C)(O)Cc1cncc(I)c1. The van der Waals surface area contributed by atoms with Crippen LogP contribution in [0.2, 0.25) is 0 Å². The summed E-state index contributed by atoms with van der Waals surface area (Å²) in [4.78, 5) is 4.05. The predicted octanol–water partition coefficient (Wildman–Crippen LogP) is 2.00. The van der Waals surface area contributed by atoms with Gasteiger partial charge in [-0.15, -0.1) is 0 Å². The number of hydrogen-bond acceptors (Lipinski definition) is 2. The minimum atomic E-state index is -0.647. The monoisotopic (exact) mass is 277 g/mol. The summed E-state index contributed by atoms with van der Waals surface area (Å²) in [6.07, 6.45) is 4.24. The summed E-state index contributed by atoms with van der Waals surface area (Å²) in [5, 5.41) is 9.53. The molecule has 2 nitrogen and oxygen atoms in total. The molecule has 0 aliphatic rings. The summed E-state index contributed by atoms with van der Waals surface area (Å²) in [6.45, 7) is 3.60. The summed E-state index contributed by atoms with van der Waals surface area (Å²) < 4.78 is 1.11. The van der Waals surface area contributed by atoms with Crippen molar-refractivity contribution in [3.8, 4) is 0 Å². The third-order valence-electron chi connectivity index (χ3n) is 1.40. The number of pyridine rings is 1. The molecule has 1 N–H and O–H groups in total. The van der Waals surface area contributed by atoms with Crippen molar-refractivity contribution < 1.29 is 5.11 Å². The lowest BCUT2D eigenvalue weighted by Gasteiger charge is -2.16. The average molecular weight is 277 g/mol. The van der Waals surface area contributed by atoms with Crippen molar-refractivity contribution in [2.75, 3.05) is 0 Å². The maximum absolute atomic E-state index is 9.53. The predicted molar refractivity (Wildman–Crippen MR) is 57.0 cm³/mol. The van der Waals surface area contributed by atoms with Gasteiger partial charge in [0.25, 0.3) is 0 Å². The lowest BCUT2D eigenvalue weighted by molar-refractivity contribution is 0.0809. The van der Waals surface area contributed by atoms with Crippen LogP contribution in [0.4, 0.5) is 0 Å². The molecule has 0 saturated carbocycles. The highest BCUT2D eigenvalue weighted by Crippen LogP contribution is 2.13. The molecular weight excluding hydrogens is 265 g/mol. The zero-order valence-electron chi connectivity index (χ0n) is 7.21. The van der Waals surface area contributed by atoms with E-state index in [0.717, 1.165) is 9.13 Å². The summed E-state index contributed by atoms with van der Waals surface area (Å²) in [6, 6.07) is 2.03. The largest absolute Gasteiger partial charge is 0.390 e. The van der Waals surface area contributed by atoms with Gasteiger partial charge < -0.3 is 5.11 Å². The van der Waals surface area contributed by atoms with Crippen LogP contribution in [0.1, 0.15) is 19.4 Å². The number of halogens is 1. The summed E-state index contributed by atoms with van der Waals surface area (Å²) >= 11 is 2.21. The molecule has 0 aliphatic heterocycles. The molecule has 0 atom stereocenters. The Hall–Kier alpha value is -0.160. The molecule has 0 amide bonds. The fourth-order valence-electron chi connectivity index (χ4n) is 1.05. The molecule has 1 heterocycles. The Morgan fingerprint density at radius 1 is 1.50 bits per heavy atom. The molecule has 0 spiro atoms. The summed E-state index contributed by atoms with van der Waals surface area (Å²) in [5.74, 6) is 0. The molecule has 0 saturated heterocycles. The number of aliphatic hydroxyl groups is 1. The second-order valence-corrected chi connectivity index (χ2v) is 4.75.